The molecule has 0 aliphatic carbocycles. The Bertz CT molecular complexity index is 885. The van der Waals surface area contributed by atoms with Crippen LogP contribution in [0.4, 0.5) is 5.69 Å². The molecule has 0 amide bonds. The normalized spacial score (nSPS) is 12.8. The van der Waals surface area contributed by atoms with E-state index in [2.05, 4.69) is 17.4 Å². The highest BCUT2D eigenvalue weighted by molar-refractivity contribution is 8.05. The molecule has 0 aromatic heterocycles. The van der Waals surface area contributed by atoms with Crippen LogP contribution in [0.15, 0.2) is 64.9 Å². The average Bonchev–Trinajstić information content (AvgIpc) is 2.77. The van der Waals surface area contributed by atoms with Gasteiger partial charge in [0.1, 0.15) is 16.8 Å². The topological polar surface area (TPSA) is 92.4 Å². The van der Waals surface area contributed by atoms with E-state index in [1.165, 1.54) is 6.92 Å². The minimum atomic E-state index is -1.61. The second kappa shape index (κ2) is 16.8. The molecule has 0 fully saturated rings. The van der Waals surface area contributed by atoms with Crippen LogP contribution in [-0.4, -0.2) is 28.3 Å². The number of rotatable bonds is 8. The Kier molecular flexibility index (Phi) is 15.7. The zero-order chi connectivity index (χ0) is 23.8. The molecule has 2 aromatic rings. The minimum absolute atomic E-state index is 0.108. The number of benzene rings is 2. The molecular formula is C23H31ClN2O3S2. The zero-order valence-electron chi connectivity index (χ0n) is 18.2. The molecule has 0 spiro atoms. The molecule has 8 heteroatoms. The number of thiol groups is 1. The predicted octanol–water partition coefficient (Wildman–Crippen LogP) is 4.79. The first-order valence-electron chi connectivity index (χ1n) is 9.65. The fourth-order valence-electron chi connectivity index (χ4n) is 2.29. The number of anilines is 1. The van der Waals surface area contributed by atoms with Crippen LogP contribution in [0.2, 0.25) is 5.02 Å². The van der Waals surface area contributed by atoms with Gasteiger partial charge in [-0.2, -0.15) is 0 Å². The van der Waals surface area contributed by atoms with Crippen molar-refractivity contribution in [3.63, 3.8) is 0 Å². The maximum Gasteiger partial charge on any atom is 0.147 e. The summed E-state index contributed by atoms with van der Waals surface area (Å²) in [5.74, 6) is -0.108. The molecule has 2 unspecified atom stereocenters. The molecule has 0 bridgehead atoms. The number of nitrogens with one attached hydrogen (secondary N) is 1. The lowest BCUT2D eigenvalue weighted by Gasteiger charge is -2.15. The van der Waals surface area contributed by atoms with E-state index in [1.807, 2.05) is 44.2 Å². The van der Waals surface area contributed by atoms with E-state index in [-0.39, 0.29) is 5.78 Å². The van der Waals surface area contributed by atoms with Crippen LogP contribution in [0.5, 0.6) is 0 Å². The number of halogens is 1. The summed E-state index contributed by atoms with van der Waals surface area (Å²) in [6.45, 7) is 5.46. The number of carbonyl (C=O) groups excluding carboxylic acids is 1. The Labute approximate surface area is 198 Å². The number of hydrogen-bond acceptors (Lipinski definition) is 5. The van der Waals surface area contributed by atoms with Crippen molar-refractivity contribution in [2.45, 2.75) is 33.2 Å². The van der Waals surface area contributed by atoms with Crippen LogP contribution < -0.4 is 10.5 Å². The standard InChI is InChI=1S/C20H21ClN2O2S2.C2H6.CH4O/c1-14(24)19(13-16-5-2-6-18(22)12-16)23-27(25)20(26)7-3-4-15-8-10-17(21)11-9-15;2*1-2/h2-12,19,23,26H,13,22H2,1H3;1-2H3;2H,1H3/b4-3+,20-7+;;. The average molecular weight is 483 g/mol. The van der Waals surface area contributed by atoms with Crippen molar-refractivity contribution in [2.24, 2.45) is 0 Å². The molecule has 0 saturated heterocycles. The van der Waals surface area contributed by atoms with Crippen molar-refractivity contribution >= 4 is 52.8 Å². The molecule has 170 valence electrons. The number of nitrogen functional groups attached to an aromatic ring is 1. The van der Waals surface area contributed by atoms with Gasteiger partial charge in [-0.25, -0.2) is 8.93 Å². The Morgan fingerprint density at radius 1 is 1.23 bits per heavy atom. The molecule has 0 radical (unpaired) electrons. The molecule has 2 aromatic carbocycles. The molecule has 0 saturated carbocycles. The molecule has 2 rings (SSSR count). The highest BCUT2D eigenvalue weighted by atomic mass is 35.5. The maximum atomic E-state index is 12.4. The summed E-state index contributed by atoms with van der Waals surface area (Å²) in [4.78, 5) is 11.9. The third-order valence-electron chi connectivity index (χ3n) is 3.72. The van der Waals surface area contributed by atoms with Gasteiger partial charge < -0.3 is 10.8 Å². The molecule has 2 atom stereocenters. The van der Waals surface area contributed by atoms with Crippen molar-refractivity contribution in [1.29, 1.82) is 0 Å². The Balaban J connectivity index is 0.00000212. The summed E-state index contributed by atoms with van der Waals surface area (Å²) < 4.78 is 15.6. The van der Waals surface area contributed by atoms with Crippen molar-refractivity contribution in [3.8, 4) is 0 Å². The number of hydrogen-bond donors (Lipinski definition) is 4. The van der Waals surface area contributed by atoms with E-state index in [0.717, 1.165) is 18.2 Å². The molecule has 0 heterocycles. The van der Waals surface area contributed by atoms with Crippen LogP contribution in [0.25, 0.3) is 6.08 Å². The van der Waals surface area contributed by atoms with Crippen LogP contribution in [0, 0.1) is 0 Å². The predicted molar refractivity (Wildman–Crippen MR) is 137 cm³/mol. The summed E-state index contributed by atoms with van der Waals surface area (Å²) in [5.41, 5.74) is 8.25. The van der Waals surface area contributed by atoms with Gasteiger partial charge in [0, 0.05) is 17.8 Å². The highest BCUT2D eigenvalue weighted by Crippen LogP contribution is 2.13. The molecular weight excluding hydrogens is 452 g/mol. The molecule has 31 heavy (non-hydrogen) atoms. The Morgan fingerprint density at radius 3 is 2.39 bits per heavy atom. The number of ketones is 1. The van der Waals surface area contributed by atoms with Crippen LogP contribution in [0.1, 0.15) is 31.9 Å². The van der Waals surface area contributed by atoms with Gasteiger partial charge in [0.2, 0.25) is 0 Å². The minimum Gasteiger partial charge on any atom is -0.400 e. The SMILES string of the molecule is CC.CC(=O)C(Cc1cccc(N)c1)NS(=O)/C(S)=C/C=C/c1ccc(Cl)cc1.CO. The van der Waals surface area contributed by atoms with Gasteiger partial charge in [0.15, 0.2) is 0 Å². The Hall–Kier alpha value is -1.90. The molecule has 0 aliphatic rings. The number of aliphatic hydroxyl groups excluding tert-OH is 1. The van der Waals surface area contributed by atoms with Crippen molar-refractivity contribution < 1.29 is 14.1 Å². The molecule has 5 nitrogen and oxygen atoms in total. The second-order valence-electron chi connectivity index (χ2n) is 5.91. The van der Waals surface area contributed by atoms with Gasteiger partial charge in [0.25, 0.3) is 0 Å². The number of allylic oxidation sites excluding steroid dienone is 2. The summed E-state index contributed by atoms with van der Waals surface area (Å²) >= 11 is 10.1. The zero-order valence-corrected chi connectivity index (χ0v) is 20.7. The fourth-order valence-corrected chi connectivity index (χ4v) is 3.49. The first-order valence-corrected chi connectivity index (χ1v) is 11.6. The van der Waals surface area contributed by atoms with Gasteiger partial charge in [0.05, 0.1) is 10.3 Å². The monoisotopic (exact) mass is 482 g/mol. The van der Waals surface area contributed by atoms with Crippen LogP contribution >= 0.6 is 24.2 Å². The number of aliphatic hydroxyl groups is 1. The summed E-state index contributed by atoms with van der Waals surface area (Å²) in [7, 11) is -0.605. The van der Waals surface area contributed by atoms with E-state index < -0.39 is 17.0 Å². The Morgan fingerprint density at radius 2 is 1.84 bits per heavy atom. The lowest BCUT2D eigenvalue weighted by molar-refractivity contribution is -0.118. The first kappa shape index (κ1) is 29.1. The van der Waals surface area contributed by atoms with Gasteiger partial charge in [-0.1, -0.05) is 61.9 Å². The molecule has 0 aliphatic heterocycles. The van der Waals surface area contributed by atoms with E-state index in [1.54, 1.807) is 36.4 Å². The lowest BCUT2D eigenvalue weighted by Crippen LogP contribution is -2.38. The van der Waals surface area contributed by atoms with Gasteiger partial charge in [-0.3, -0.25) is 4.79 Å². The van der Waals surface area contributed by atoms with Crippen molar-refractivity contribution in [1.82, 2.24) is 4.72 Å². The van der Waals surface area contributed by atoms with E-state index in [0.29, 0.717) is 21.4 Å². The van der Waals surface area contributed by atoms with Gasteiger partial charge in [-0.05, 0) is 54.8 Å². The summed E-state index contributed by atoms with van der Waals surface area (Å²) in [5, 5.41) is 7.67. The van der Waals surface area contributed by atoms with Gasteiger partial charge in [-0.15, -0.1) is 12.6 Å². The number of nitrogens with two attached hydrogens (primary N) is 1. The number of carbonyl (C=O) groups is 1. The van der Waals surface area contributed by atoms with E-state index in [9.17, 15) is 9.00 Å². The third-order valence-corrected chi connectivity index (χ3v) is 5.63. The summed E-state index contributed by atoms with van der Waals surface area (Å²) in [6, 6.07) is 14.0. The first-order chi connectivity index (χ1) is 14.8. The smallest absolute Gasteiger partial charge is 0.147 e. The maximum absolute atomic E-state index is 12.4. The van der Waals surface area contributed by atoms with E-state index in [4.69, 9.17) is 22.4 Å². The van der Waals surface area contributed by atoms with Crippen molar-refractivity contribution in [3.05, 3.63) is 81.1 Å². The van der Waals surface area contributed by atoms with Crippen molar-refractivity contribution in [2.75, 3.05) is 12.8 Å². The van der Waals surface area contributed by atoms with E-state index >= 15 is 0 Å². The largest absolute Gasteiger partial charge is 0.400 e. The summed E-state index contributed by atoms with van der Waals surface area (Å²) in [6.07, 6.45) is 5.61. The fraction of sp³-hybridized carbons (Fsp3) is 0.261. The van der Waals surface area contributed by atoms with Crippen LogP contribution in [-0.2, 0) is 22.2 Å². The number of Topliss-reactive ketones (excluding diaryl/α,β-unsaturated/α-hetero) is 1. The third kappa shape index (κ3) is 11.9. The highest BCUT2D eigenvalue weighted by Gasteiger charge is 2.18. The van der Waals surface area contributed by atoms with Gasteiger partial charge >= 0.3 is 0 Å². The quantitative estimate of drug-likeness (QED) is 0.247. The second-order valence-corrected chi connectivity index (χ2v) is 8.35. The molecule has 4 N–H and O–H groups in total. The lowest BCUT2D eigenvalue weighted by atomic mass is 10.0. The van der Waals surface area contributed by atoms with Crippen LogP contribution in [0.3, 0.4) is 0 Å².